The first-order chi connectivity index (χ1) is 16.5. The van der Waals surface area contributed by atoms with Crippen LogP contribution < -0.4 is 18.9 Å². The topological polar surface area (TPSA) is 97.8 Å². The third kappa shape index (κ3) is 3.89. The van der Waals surface area contributed by atoms with Crippen molar-refractivity contribution in [3.05, 3.63) is 71.4 Å². The van der Waals surface area contributed by atoms with Crippen LogP contribution in [-0.4, -0.2) is 41.5 Å². The van der Waals surface area contributed by atoms with E-state index >= 15 is 8.78 Å². The zero-order chi connectivity index (χ0) is 23.7. The Hall–Kier alpha value is -3.48. The van der Waals surface area contributed by atoms with Gasteiger partial charge in [-0.25, -0.2) is 18.3 Å². The molecule has 34 heavy (non-hydrogen) atoms. The average Bonchev–Trinajstić information content (AvgIpc) is 2.79. The number of carbonyl (C=O) groups is 1. The van der Waals surface area contributed by atoms with E-state index in [1.165, 1.54) is 23.2 Å². The first-order valence-electron chi connectivity index (χ1n) is 10.2. The van der Waals surface area contributed by atoms with Gasteiger partial charge in [-0.15, -0.1) is 5.10 Å². The molecule has 2 aliphatic heterocycles. The summed E-state index contributed by atoms with van der Waals surface area (Å²) in [5.41, 5.74) is -0.477. The maximum Gasteiger partial charge on any atom is 0.416 e. The van der Waals surface area contributed by atoms with Gasteiger partial charge in [0.2, 0.25) is 5.88 Å². The van der Waals surface area contributed by atoms with Crippen molar-refractivity contribution in [2.24, 2.45) is 0 Å². The molecule has 1 aromatic heterocycles. The second-order valence-corrected chi connectivity index (χ2v) is 8.42. The molecule has 1 fully saturated rings. The van der Waals surface area contributed by atoms with E-state index in [9.17, 15) is 4.79 Å². The quantitative estimate of drug-likeness (QED) is 0.480. The molecule has 12 heteroatoms. The number of nitrogens with one attached hydrogen (secondary N) is 2. The molecule has 1 spiro atoms. The monoisotopic (exact) mass is 487 g/mol. The van der Waals surface area contributed by atoms with Crippen LogP contribution in [-0.2, 0) is 16.8 Å². The van der Waals surface area contributed by atoms with Gasteiger partial charge in [-0.05, 0) is 19.2 Å². The number of nitrogens with zero attached hydrogens (tertiary/aromatic N) is 3. The molecule has 0 bridgehead atoms. The number of benzene rings is 2. The van der Waals surface area contributed by atoms with Gasteiger partial charge in [0.15, 0.2) is 5.82 Å². The maximum absolute atomic E-state index is 15.4. The Bertz CT molecular complexity index is 1230. The van der Waals surface area contributed by atoms with E-state index in [0.717, 1.165) is 12.1 Å². The third-order valence-corrected chi connectivity index (χ3v) is 6.08. The number of rotatable bonds is 7. The van der Waals surface area contributed by atoms with Crippen molar-refractivity contribution in [2.75, 3.05) is 25.0 Å². The molecule has 0 saturated carbocycles. The number of amides is 1. The van der Waals surface area contributed by atoms with E-state index in [1.807, 2.05) is 0 Å². The van der Waals surface area contributed by atoms with Gasteiger partial charge >= 0.3 is 6.09 Å². The highest BCUT2D eigenvalue weighted by molar-refractivity contribution is 7.98. The molecular weight excluding hydrogens is 468 g/mol. The molecule has 2 aliphatic rings. The smallest absolute Gasteiger partial charge is 0.416 e. The van der Waals surface area contributed by atoms with E-state index in [1.54, 1.807) is 37.4 Å². The maximum atomic E-state index is 15.4. The number of hydrogen-bond donors (Lipinski definition) is 2. The minimum atomic E-state index is -1.13. The van der Waals surface area contributed by atoms with Gasteiger partial charge in [-0.3, -0.25) is 4.90 Å². The molecule has 0 unspecified atom stereocenters. The number of ether oxygens (including phenoxy) is 3. The number of anilines is 1. The summed E-state index contributed by atoms with van der Waals surface area (Å²) in [4.78, 5) is 14.3. The van der Waals surface area contributed by atoms with Crippen LogP contribution in [0.25, 0.3) is 0 Å². The summed E-state index contributed by atoms with van der Waals surface area (Å²) in [6, 6.07) is 10.6. The molecular formula is C22H19F2N5O4S. The number of halogens is 2. The zero-order valence-electron chi connectivity index (χ0n) is 17.9. The first-order valence-corrected chi connectivity index (χ1v) is 11.1. The van der Waals surface area contributed by atoms with Crippen molar-refractivity contribution >= 4 is 23.9 Å². The van der Waals surface area contributed by atoms with E-state index in [4.69, 9.17) is 14.2 Å². The molecule has 9 nitrogen and oxygen atoms in total. The lowest BCUT2D eigenvalue weighted by atomic mass is 9.83. The summed E-state index contributed by atoms with van der Waals surface area (Å²) in [5, 5.41) is 7.51. The van der Waals surface area contributed by atoms with E-state index in [2.05, 4.69) is 19.6 Å². The molecule has 5 rings (SSSR count). The molecule has 0 radical (unpaired) electrons. The van der Waals surface area contributed by atoms with Crippen molar-refractivity contribution in [1.29, 1.82) is 0 Å². The molecule has 176 valence electrons. The van der Waals surface area contributed by atoms with Gasteiger partial charge in [0.25, 0.3) is 0 Å². The largest absolute Gasteiger partial charge is 0.437 e. The Morgan fingerprint density at radius 1 is 1.24 bits per heavy atom. The Morgan fingerprint density at radius 2 is 2.09 bits per heavy atom. The summed E-state index contributed by atoms with van der Waals surface area (Å²) in [7, 11) is 1.69. The van der Waals surface area contributed by atoms with Gasteiger partial charge in [0.1, 0.15) is 22.9 Å². The number of carbonyl (C=O) groups excluding carboxylic acids is 1. The lowest BCUT2D eigenvalue weighted by Crippen LogP contribution is -2.64. The summed E-state index contributed by atoms with van der Waals surface area (Å²) in [6.07, 6.45) is 0.736. The molecule has 2 N–H and O–H groups in total. The van der Waals surface area contributed by atoms with Crippen molar-refractivity contribution in [2.45, 2.75) is 12.1 Å². The number of fused-ring (bicyclic) bond motifs is 2. The van der Waals surface area contributed by atoms with Crippen molar-refractivity contribution in [1.82, 2.24) is 19.8 Å². The predicted molar refractivity (Wildman–Crippen MR) is 119 cm³/mol. The highest BCUT2D eigenvalue weighted by Crippen LogP contribution is 2.48. The molecule has 0 aliphatic carbocycles. The lowest BCUT2D eigenvalue weighted by Gasteiger charge is -2.51. The first kappa shape index (κ1) is 22.3. The molecule has 2 aromatic carbocycles. The van der Waals surface area contributed by atoms with Crippen LogP contribution in [0.3, 0.4) is 0 Å². The average molecular weight is 487 g/mol. The van der Waals surface area contributed by atoms with Crippen LogP contribution in [0.2, 0.25) is 0 Å². The van der Waals surface area contributed by atoms with Crippen LogP contribution in [0.1, 0.15) is 11.1 Å². The molecule has 3 heterocycles. The lowest BCUT2D eigenvalue weighted by molar-refractivity contribution is -0.145. The minimum Gasteiger partial charge on any atom is -0.437 e. The number of aromatic nitrogens is 2. The zero-order valence-corrected chi connectivity index (χ0v) is 18.7. The van der Waals surface area contributed by atoms with Gasteiger partial charge in [-0.1, -0.05) is 12.1 Å². The Kier molecular flexibility index (Phi) is 5.94. The van der Waals surface area contributed by atoms with Crippen molar-refractivity contribution < 1.29 is 27.8 Å². The fourth-order valence-electron chi connectivity index (χ4n) is 3.94. The highest BCUT2D eigenvalue weighted by Gasteiger charge is 2.55. The molecule has 1 saturated heterocycles. The summed E-state index contributed by atoms with van der Waals surface area (Å²) < 4.78 is 52.5. The van der Waals surface area contributed by atoms with Crippen LogP contribution in [0.4, 0.5) is 19.3 Å². The van der Waals surface area contributed by atoms with Crippen LogP contribution in [0.15, 0.2) is 48.7 Å². The Morgan fingerprint density at radius 3 is 2.79 bits per heavy atom. The summed E-state index contributed by atoms with van der Waals surface area (Å²) >= 11 is 1.11. The van der Waals surface area contributed by atoms with Crippen molar-refractivity contribution in [3.8, 4) is 17.4 Å². The Labute approximate surface area is 197 Å². The van der Waals surface area contributed by atoms with E-state index < -0.39 is 23.3 Å². The highest BCUT2D eigenvalue weighted by atomic mass is 32.2. The second kappa shape index (κ2) is 9.05. The minimum absolute atomic E-state index is 0.0183. The van der Waals surface area contributed by atoms with E-state index in [0.29, 0.717) is 0 Å². The van der Waals surface area contributed by atoms with Gasteiger partial charge in [-0.2, -0.15) is 5.10 Å². The SMILES string of the molecule is CNSNc1cccc(CN2C(=O)Oc3cc(Oc4cccnn4)cc(F)c3C23COC3)c1F. The second-order valence-electron chi connectivity index (χ2n) is 7.61. The molecule has 0 atom stereocenters. The Balaban J connectivity index is 1.48. The van der Waals surface area contributed by atoms with Gasteiger partial charge in [0.05, 0.1) is 31.0 Å². The van der Waals surface area contributed by atoms with Crippen LogP contribution >= 0.6 is 12.1 Å². The van der Waals surface area contributed by atoms with Crippen LogP contribution in [0.5, 0.6) is 17.4 Å². The standard InChI is InChI=1S/C22H19F2N5O4S/c1-25-34-28-16-5-2-4-13(20(16)24)10-29-21(30)33-17-9-14(32-18-6-3-7-26-27-18)8-15(23)19(17)22(29)11-31-12-22/h2-9,25,28H,10-12H2,1H3. The summed E-state index contributed by atoms with van der Waals surface area (Å²) in [5.74, 6) is -0.886. The summed E-state index contributed by atoms with van der Waals surface area (Å²) in [6.45, 7) is -0.0401. The predicted octanol–water partition coefficient (Wildman–Crippen LogP) is 3.98. The van der Waals surface area contributed by atoms with Crippen LogP contribution in [0, 0.1) is 11.6 Å². The third-order valence-electron chi connectivity index (χ3n) is 5.55. The van der Waals surface area contributed by atoms with Crippen molar-refractivity contribution in [3.63, 3.8) is 0 Å². The number of hydrogen-bond acceptors (Lipinski definition) is 9. The normalized spacial score (nSPS) is 16.0. The fraction of sp³-hybridized carbons (Fsp3) is 0.227. The van der Waals surface area contributed by atoms with Gasteiger partial charge in [0, 0.05) is 42.1 Å². The molecule has 1 amide bonds. The van der Waals surface area contributed by atoms with E-state index in [-0.39, 0.29) is 54.0 Å². The fourth-order valence-corrected chi connectivity index (χ4v) is 4.31. The van der Waals surface area contributed by atoms with Gasteiger partial charge < -0.3 is 18.9 Å². The molecule has 3 aromatic rings.